The topological polar surface area (TPSA) is 219 Å². The van der Waals surface area contributed by atoms with Crippen molar-refractivity contribution in [1.82, 2.24) is 20.0 Å². The van der Waals surface area contributed by atoms with Crippen LogP contribution in [0.4, 0.5) is 5.69 Å². The Labute approximate surface area is 300 Å². The molecule has 52 heavy (non-hydrogen) atoms. The summed E-state index contributed by atoms with van der Waals surface area (Å²) in [6.45, 7) is 0.486. The third-order valence-corrected chi connectivity index (χ3v) is 9.53. The number of hydrogen-bond donors (Lipinski definition) is 6. The number of carbonyl (C=O) groups excluding carboxylic acids is 1. The fourth-order valence-corrected chi connectivity index (χ4v) is 7.14. The summed E-state index contributed by atoms with van der Waals surface area (Å²) in [7, 11) is 0. The van der Waals surface area contributed by atoms with E-state index < -0.39 is 50.1 Å². The van der Waals surface area contributed by atoms with E-state index in [-0.39, 0.29) is 57.4 Å². The van der Waals surface area contributed by atoms with Crippen molar-refractivity contribution in [3.05, 3.63) is 64.7 Å². The fraction of sp³-hybridized carbons (Fsp3) is 0.472. The number of benzene rings is 2. The highest BCUT2D eigenvalue weighted by Crippen LogP contribution is 2.51. The molecule has 1 aliphatic carbocycles. The number of aryl methyl sites for hydroxylation is 1. The predicted octanol–water partition coefficient (Wildman–Crippen LogP) is 1.45. The van der Waals surface area contributed by atoms with Gasteiger partial charge >= 0.3 is 23.9 Å². The Morgan fingerprint density at radius 2 is 1.35 bits per heavy atom. The van der Waals surface area contributed by atoms with Crippen molar-refractivity contribution >= 4 is 35.5 Å². The summed E-state index contributed by atoms with van der Waals surface area (Å²) < 4.78 is 11.2. The molecule has 1 amide bonds. The summed E-state index contributed by atoms with van der Waals surface area (Å²) in [5.74, 6) is -3.10. The number of allylic oxidation sites excluding steroid dienone is 2. The van der Waals surface area contributed by atoms with Crippen LogP contribution in [-0.2, 0) is 30.4 Å². The average Bonchev–Trinajstić information content (AvgIpc) is 3.74. The maximum absolute atomic E-state index is 12.9. The molecule has 2 aliphatic heterocycles. The van der Waals surface area contributed by atoms with E-state index in [2.05, 4.69) is 47.9 Å². The molecule has 16 nitrogen and oxygen atoms in total. The number of nitrogens with one attached hydrogen (secondary N) is 2. The van der Waals surface area contributed by atoms with E-state index >= 15 is 0 Å². The number of ether oxygens (including phenoxy) is 2. The van der Waals surface area contributed by atoms with Crippen LogP contribution in [0, 0.1) is 12.8 Å². The molecule has 2 heterocycles. The molecule has 0 bridgehead atoms. The molecule has 2 aromatic carbocycles. The number of carboxylic acid groups (broad SMARTS) is 4. The van der Waals surface area contributed by atoms with Gasteiger partial charge in [-0.3, -0.25) is 38.7 Å². The lowest BCUT2D eigenvalue weighted by atomic mass is 9.75. The number of aliphatic carboxylic acids is 4. The second-order valence-corrected chi connectivity index (χ2v) is 13.3. The maximum Gasteiger partial charge on any atom is 0.317 e. The molecule has 0 aromatic heterocycles. The normalized spacial score (nSPS) is 18.3. The molecule has 6 N–H and O–H groups in total. The van der Waals surface area contributed by atoms with Crippen molar-refractivity contribution in [2.24, 2.45) is 5.92 Å². The molecule has 2 aromatic rings. The lowest BCUT2D eigenvalue weighted by Gasteiger charge is -2.38. The van der Waals surface area contributed by atoms with Crippen LogP contribution in [0.3, 0.4) is 0 Å². The summed E-state index contributed by atoms with van der Waals surface area (Å²) in [6, 6.07) is 10.5. The largest absolute Gasteiger partial charge is 0.480 e. The zero-order chi connectivity index (χ0) is 37.4. The van der Waals surface area contributed by atoms with Gasteiger partial charge in [-0.2, -0.15) is 0 Å². The van der Waals surface area contributed by atoms with Crippen molar-refractivity contribution < 1.29 is 53.9 Å². The zero-order valence-electron chi connectivity index (χ0n) is 29.0. The van der Waals surface area contributed by atoms with Gasteiger partial charge in [0, 0.05) is 44.3 Å². The van der Waals surface area contributed by atoms with E-state index in [4.69, 9.17) is 19.7 Å². The Morgan fingerprint density at radius 1 is 0.769 bits per heavy atom. The zero-order valence-corrected chi connectivity index (χ0v) is 29.0. The van der Waals surface area contributed by atoms with Gasteiger partial charge in [-0.05, 0) is 66.1 Å². The molecule has 280 valence electrons. The molecule has 3 atom stereocenters. The molecule has 0 spiro atoms. The van der Waals surface area contributed by atoms with Crippen molar-refractivity contribution in [1.29, 1.82) is 0 Å². The Kier molecular flexibility index (Phi) is 12.7. The lowest BCUT2D eigenvalue weighted by Crippen LogP contribution is -2.46. The van der Waals surface area contributed by atoms with Crippen LogP contribution in [0.5, 0.6) is 11.5 Å². The van der Waals surface area contributed by atoms with Gasteiger partial charge in [0.2, 0.25) is 12.7 Å². The van der Waals surface area contributed by atoms with Crippen LogP contribution in [0.25, 0.3) is 0 Å². The number of anilines is 1. The number of carboxylic acids is 4. The standard InChI is InChI=1S/C36H45N5O11/c1-22-13-29-30(52-21-51-29)15-26(22)36-25-4-2-3-24(25)27-14-23(5-6-28(27)38-36)7-8-37-31(42)16-40(18-33(45)46)11-9-39(17-32(43)44)10-12-41(19-34(47)48)20-35(49)50/h2-3,5-6,13-15,24-25,36,38H,4,7-12,16-21H2,1H3,(H,37,42)(H,43,44)(H,45,46)(H,47,48)(H,49,50). The van der Waals surface area contributed by atoms with Gasteiger partial charge in [0.25, 0.3) is 0 Å². The highest BCUT2D eigenvalue weighted by atomic mass is 16.7. The molecule has 16 heteroatoms. The molecule has 0 saturated carbocycles. The fourth-order valence-electron chi connectivity index (χ4n) is 7.14. The van der Waals surface area contributed by atoms with Gasteiger partial charge < -0.3 is 40.5 Å². The molecule has 5 rings (SSSR count). The summed E-state index contributed by atoms with van der Waals surface area (Å²) in [6.07, 6.45) is 5.98. The molecule has 0 fully saturated rings. The molecular weight excluding hydrogens is 678 g/mol. The van der Waals surface area contributed by atoms with Gasteiger partial charge in [-0.25, -0.2) is 0 Å². The quantitative estimate of drug-likeness (QED) is 0.107. The van der Waals surface area contributed by atoms with Gasteiger partial charge in [-0.15, -0.1) is 0 Å². The van der Waals surface area contributed by atoms with Crippen molar-refractivity contribution in [2.75, 3.05) is 77.6 Å². The minimum absolute atomic E-state index is 0.0202. The van der Waals surface area contributed by atoms with Crippen LogP contribution in [0.2, 0.25) is 0 Å². The second kappa shape index (κ2) is 17.4. The monoisotopic (exact) mass is 723 g/mol. The number of rotatable bonds is 20. The Balaban J connectivity index is 1.15. The summed E-state index contributed by atoms with van der Waals surface area (Å²) in [5, 5.41) is 43.6. The van der Waals surface area contributed by atoms with Gasteiger partial charge in [0.05, 0.1) is 38.8 Å². The summed E-state index contributed by atoms with van der Waals surface area (Å²) >= 11 is 0. The van der Waals surface area contributed by atoms with E-state index in [0.29, 0.717) is 18.9 Å². The van der Waals surface area contributed by atoms with Crippen molar-refractivity contribution in [2.45, 2.75) is 31.7 Å². The highest BCUT2D eigenvalue weighted by Gasteiger charge is 2.39. The smallest absolute Gasteiger partial charge is 0.317 e. The summed E-state index contributed by atoms with van der Waals surface area (Å²) in [5.41, 5.74) is 5.62. The molecule has 3 unspecified atom stereocenters. The van der Waals surface area contributed by atoms with Crippen LogP contribution < -0.4 is 20.1 Å². The third-order valence-electron chi connectivity index (χ3n) is 9.53. The van der Waals surface area contributed by atoms with E-state index in [1.807, 2.05) is 12.1 Å². The van der Waals surface area contributed by atoms with Crippen molar-refractivity contribution in [3.8, 4) is 11.5 Å². The first kappa shape index (κ1) is 38.1. The number of nitrogens with zero attached hydrogens (tertiary/aromatic N) is 3. The Bertz CT molecular complexity index is 1680. The number of amides is 1. The minimum Gasteiger partial charge on any atom is -0.480 e. The van der Waals surface area contributed by atoms with E-state index in [1.54, 1.807) is 0 Å². The first-order valence-corrected chi connectivity index (χ1v) is 17.1. The molecule has 0 saturated heterocycles. The predicted molar refractivity (Wildman–Crippen MR) is 187 cm³/mol. The van der Waals surface area contributed by atoms with Gasteiger partial charge in [0.1, 0.15) is 0 Å². The lowest BCUT2D eigenvalue weighted by molar-refractivity contribution is -0.143. The Morgan fingerprint density at radius 3 is 1.98 bits per heavy atom. The van der Waals surface area contributed by atoms with Crippen LogP contribution in [0.1, 0.15) is 40.6 Å². The van der Waals surface area contributed by atoms with Crippen molar-refractivity contribution in [3.63, 3.8) is 0 Å². The highest BCUT2D eigenvalue weighted by molar-refractivity contribution is 5.79. The van der Waals surface area contributed by atoms with Crippen LogP contribution >= 0.6 is 0 Å². The molecular formula is C36H45N5O11. The minimum atomic E-state index is -1.23. The number of fused-ring (bicyclic) bond motifs is 4. The second-order valence-electron chi connectivity index (χ2n) is 13.3. The van der Waals surface area contributed by atoms with E-state index in [9.17, 15) is 34.2 Å². The third kappa shape index (κ3) is 10.2. The van der Waals surface area contributed by atoms with Crippen LogP contribution in [0.15, 0.2) is 42.5 Å². The van der Waals surface area contributed by atoms with Gasteiger partial charge in [-0.1, -0.05) is 24.3 Å². The van der Waals surface area contributed by atoms with Crippen LogP contribution in [-0.4, -0.2) is 137 Å². The molecule has 0 radical (unpaired) electrons. The maximum atomic E-state index is 12.9. The Hall–Kier alpha value is -5.19. The summed E-state index contributed by atoms with van der Waals surface area (Å²) in [4.78, 5) is 62.2. The SMILES string of the molecule is Cc1cc2c(cc1C1Nc3ccc(CCNC(=O)CN(CCN(CCN(CC(=O)O)CC(=O)O)CC(=O)O)CC(=O)O)cc3C3C=CCC31)OCO2. The average molecular weight is 724 g/mol. The molecule has 3 aliphatic rings. The first-order valence-electron chi connectivity index (χ1n) is 17.1. The first-order chi connectivity index (χ1) is 24.9. The number of carbonyl (C=O) groups is 5. The van der Waals surface area contributed by atoms with E-state index in [0.717, 1.165) is 39.6 Å². The van der Waals surface area contributed by atoms with Gasteiger partial charge in [0.15, 0.2) is 11.5 Å². The van der Waals surface area contributed by atoms with E-state index in [1.165, 1.54) is 20.9 Å². The number of hydrogen-bond acceptors (Lipinski definition) is 11.